The minimum absolute atomic E-state index is 0.210. The van der Waals surface area contributed by atoms with E-state index in [1.807, 2.05) is 13.8 Å². The Morgan fingerprint density at radius 2 is 1.53 bits per heavy atom. The molecule has 210 valence electrons. The first kappa shape index (κ1) is 32.8. The molecule has 36 heavy (non-hydrogen) atoms. The summed E-state index contributed by atoms with van der Waals surface area (Å²) in [6, 6.07) is 1.64. The molecule has 1 aromatic rings. The maximum absolute atomic E-state index is 12.9. The first-order valence-electron chi connectivity index (χ1n) is 12.5. The van der Waals surface area contributed by atoms with E-state index in [0.717, 1.165) is 0 Å². The standard InChI is InChI=1S/C25H44F3NO5SSi/c1-17(2)36(18(3)4,19(5)6)33-16-23(7,8)21-14-20(34-29-21)15-22(30)24(9,10)35(31,32)13-11-12-25(26,27)28/h14,17-19H,11-13,15-16H2,1-10H3. The van der Waals surface area contributed by atoms with Gasteiger partial charge in [-0.05, 0) is 36.9 Å². The van der Waals surface area contributed by atoms with E-state index in [2.05, 4.69) is 46.7 Å². The van der Waals surface area contributed by atoms with Gasteiger partial charge in [-0.15, -0.1) is 0 Å². The smallest absolute Gasteiger partial charge is 0.389 e. The molecule has 0 atom stereocenters. The van der Waals surface area contributed by atoms with E-state index in [1.165, 1.54) is 13.8 Å². The average Bonchev–Trinajstić information content (AvgIpc) is 3.15. The van der Waals surface area contributed by atoms with Crippen LogP contribution in [0, 0.1) is 0 Å². The van der Waals surface area contributed by atoms with Crippen LogP contribution >= 0.6 is 0 Å². The van der Waals surface area contributed by atoms with Gasteiger partial charge in [0.15, 0.2) is 23.9 Å². The molecule has 0 saturated carbocycles. The van der Waals surface area contributed by atoms with Gasteiger partial charge >= 0.3 is 6.18 Å². The van der Waals surface area contributed by atoms with E-state index in [1.54, 1.807) is 6.07 Å². The second-order valence-corrected chi connectivity index (χ2v) is 19.9. The lowest BCUT2D eigenvalue weighted by Crippen LogP contribution is -2.49. The summed E-state index contributed by atoms with van der Waals surface area (Å²) in [5.74, 6) is -1.16. The van der Waals surface area contributed by atoms with Crippen molar-refractivity contribution in [1.29, 1.82) is 0 Å². The summed E-state index contributed by atoms with van der Waals surface area (Å²) in [6.07, 6.45) is -6.57. The zero-order valence-electron chi connectivity index (χ0n) is 23.4. The Balaban J connectivity index is 2.98. The number of nitrogens with zero attached hydrogens (tertiary/aromatic N) is 1. The highest BCUT2D eigenvalue weighted by molar-refractivity contribution is 7.93. The molecular formula is C25H44F3NO5SSi. The molecule has 0 spiro atoms. The molecule has 0 radical (unpaired) electrons. The van der Waals surface area contributed by atoms with Crippen LogP contribution < -0.4 is 0 Å². The Morgan fingerprint density at radius 3 is 1.97 bits per heavy atom. The van der Waals surface area contributed by atoms with Gasteiger partial charge in [0, 0.05) is 24.5 Å². The molecule has 0 fully saturated rings. The molecule has 1 aromatic heterocycles. The van der Waals surface area contributed by atoms with Gasteiger partial charge in [-0.2, -0.15) is 13.2 Å². The predicted octanol–water partition coefficient (Wildman–Crippen LogP) is 6.79. The number of carbonyl (C=O) groups is 1. The Morgan fingerprint density at radius 1 is 1.03 bits per heavy atom. The van der Waals surface area contributed by atoms with Crippen LogP contribution in [-0.2, 0) is 30.9 Å². The number of aromatic nitrogens is 1. The highest BCUT2D eigenvalue weighted by Crippen LogP contribution is 2.43. The van der Waals surface area contributed by atoms with Crippen molar-refractivity contribution in [1.82, 2.24) is 5.16 Å². The van der Waals surface area contributed by atoms with Crippen molar-refractivity contribution in [2.24, 2.45) is 0 Å². The topological polar surface area (TPSA) is 86.5 Å². The van der Waals surface area contributed by atoms with Crippen molar-refractivity contribution in [2.75, 3.05) is 12.4 Å². The highest BCUT2D eigenvalue weighted by Gasteiger charge is 2.46. The van der Waals surface area contributed by atoms with Gasteiger partial charge in [-0.3, -0.25) is 4.79 Å². The fourth-order valence-corrected chi connectivity index (χ4v) is 11.9. The third-order valence-electron chi connectivity index (χ3n) is 7.30. The second kappa shape index (κ2) is 11.7. The first-order chi connectivity index (χ1) is 16.1. The predicted molar refractivity (Wildman–Crippen MR) is 138 cm³/mol. The van der Waals surface area contributed by atoms with Crippen LogP contribution in [0.1, 0.15) is 93.5 Å². The summed E-state index contributed by atoms with van der Waals surface area (Å²) in [5.41, 5.74) is 1.33. The quantitative estimate of drug-likeness (QED) is 0.235. The van der Waals surface area contributed by atoms with Crippen molar-refractivity contribution in [3.8, 4) is 0 Å². The largest absolute Gasteiger partial charge is 0.415 e. The maximum Gasteiger partial charge on any atom is 0.389 e. The lowest BCUT2D eigenvalue weighted by molar-refractivity contribution is -0.134. The minimum atomic E-state index is -4.45. The lowest BCUT2D eigenvalue weighted by Gasteiger charge is -2.43. The fraction of sp³-hybridized carbons (Fsp3) is 0.840. The van der Waals surface area contributed by atoms with Gasteiger partial charge in [0.1, 0.15) is 10.5 Å². The van der Waals surface area contributed by atoms with E-state index >= 15 is 0 Å². The van der Waals surface area contributed by atoms with Crippen molar-refractivity contribution in [2.45, 2.75) is 121 Å². The minimum Gasteiger partial charge on any atom is -0.415 e. The molecule has 6 nitrogen and oxygen atoms in total. The first-order valence-corrected chi connectivity index (χ1v) is 16.3. The number of hydrogen-bond donors (Lipinski definition) is 0. The number of sulfone groups is 1. The van der Waals surface area contributed by atoms with Gasteiger partial charge < -0.3 is 8.95 Å². The summed E-state index contributed by atoms with van der Waals surface area (Å²) in [7, 11) is -6.21. The van der Waals surface area contributed by atoms with Crippen LogP contribution in [-0.4, -0.2) is 51.0 Å². The number of hydrogen-bond acceptors (Lipinski definition) is 6. The summed E-state index contributed by atoms with van der Waals surface area (Å²) in [5, 5.41) is 4.13. The molecule has 0 unspecified atom stereocenters. The molecule has 0 bridgehead atoms. The maximum atomic E-state index is 12.9. The van der Waals surface area contributed by atoms with Gasteiger partial charge in [0.2, 0.25) is 0 Å². The molecule has 0 aromatic carbocycles. The van der Waals surface area contributed by atoms with Gasteiger partial charge in [0.25, 0.3) is 0 Å². The Labute approximate surface area is 215 Å². The van der Waals surface area contributed by atoms with Crippen LogP contribution in [0.2, 0.25) is 16.6 Å². The number of alkyl halides is 3. The van der Waals surface area contributed by atoms with Crippen LogP contribution in [0.3, 0.4) is 0 Å². The van der Waals surface area contributed by atoms with Crippen LogP contribution in [0.25, 0.3) is 0 Å². The molecule has 0 N–H and O–H groups in total. The lowest BCUT2D eigenvalue weighted by atomic mass is 9.90. The molecule has 0 amide bonds. The highest BCUT2D eigenvalue weighted by atomic mass is 32.2. The zero-order valence-corrected chi connectivity index (χ0v) is 25.2. The number of rotatable bonds is 14. The van der Waals surface area contributed by atoms with Gasteiger partial charge in [-0.1, -0.05) is 60.5 Å². The zero-order chi connectivity index (χ0) is 28.3. The van der Waals surface area contributed by atoms with E-state index in [9.17, 15) is 26.4 Å². The number of carbonyl (C=O) groups excluding carboxylic acids is 1. The van der Waals surface area contributed by atoms with Crippen LogP contribution in [0.4, 0.5) is 13.2 Å². The molecule has 11 heteroatoms. The van der Waals surface area contributed by atoms with E-state index in [4.69, 9.17) is 8.95 Å². The Bertz CT molecular complexity index is 960. The Kier molecular flexibility index (Phi) is 10.6. The van der Waals surface area contributed by atoms with E-state index in [0.29, 0.717) is 28.9 Å². The monoisotopic (exact) mass is 555 g/mol. The molecule has 0 saturated heterocycles. The second-order valence-electron chi connectivity index (χ2n) is 11.8. The third kappa shape index (κ3) is 7.66. The molecular weight excluding hydrogens is 511 g/mol. The van der Waals surface area contributed by atoms with Crippen molar-refractivity contribution in [3.63, 3.8) is 0 Å². The summed E-state index contributed by atoms with van der Waals surface area (Å²) in [4.78, 5) is 12.9. The number of halogens is 3. The number of ketones is 1. The van der Waals surface area contributed by atoms with E-state index in [-0.39, 0.29) is 12.2 Å². The third-order valence-corrected chi connectivity index (χ3v) is 16.0. The van der Waals surface area contributed by atoms with Crippen LogP contribution in [0.15, 0.2) is 10.6 Å². The molecule has 0 aliphatic rings. The summed E-state index contributed by atoms with van der Waals surface area (Å²) < 4.78 is 72.8. The van der Waals surface area contributed by atoms with E-state index < -0.39 is 58.9 Å². The van der Waals surface area contributed by atoms with Gasteiger partial charge in [0.05, 0.1) is 17.9 Å². The number of Topliss-reactive ketones (excluding diaryl/α,β-unsaturated/α-hetero) is 1. The van der Waals surface area contributed by atoms with Crippen molar-refractivity contribution in [3.05, 3.63) is 17.5 Å². The molecule has 0 aliphatic carbocycles. The Hall–Kier alpha value is -1.20. The molecule has 1 heterocycles. The molecule has 1 rings (SSSR count). The van der Waals surface area contributed by atoms with Crippen molar-refractivity contribution >= 4 is 23.9 Å². The summed E-state index contributed by atoms with van der Waals surface area (Å²) in [6.45, 7) is 20.1. The normalized spacial score (nSPS) is 14.3. The van der Waals surface area contributed by atoms with Gasteiger partial charge in [-0.25, -0.2) is 8.42 Å². The van der Waals surface area contributed by atoms with Crippen molar-refractivity contribution < 1.29 is 35.3 Å². The molecule has 0 aliphatic heterocycles. The fourth-order valence-electron chi connectivity index (χ4n) is 4.86. The summed E-state index contributed by atoms with van der Waals surface area (Å²) >= 11 is 0. The SMILES string of the molecule is CC(C)[Si](OCC(C)(C)c1cc(CC(=O)C(C)(C)S(=O)(=O)CCCC(F)(F)F)on1)(C(C)C)C(C)C. The van der Waals surface area contributed by atoms with Crippen LogP contribution in [0.5, 0.6) is 0 Å². The average molecular weight is 556 g/mol.